The molecule has 48 heavy (non-hydrogen) atoms. The van der Waals surface area contributed by atoms with Gasteiger partial charge in [-0.2, -0.15) is 52.7 Å². The first kappa shape index (κ1) is 40.7. The van der Waals surface area contributed by atoms with Gasteiger partial charge in [0.2, 0.25) is 0 Å². The highest BCUT2D eigenvalue weighted by Gasteiger charge is 2.98. The number of hydrogen-bond acceptors (Lipinski definition) is 6. The van der Waals surface area contributed by atoms with E-state index >= 15 is 22.0 Å². The van der Waals surface area contributed by atoms with E-state index in [1.807, 2.05) is 0 Å². The number of carboxylic acid groups (broad SMARTS) is 2. The van der Waals surface area contributed by atoms with Crippen LogP contribution in [0.4, 0.5) is 62.8 Å². The van der Waals surface area contributed by atoms with Crippen LogP contribution in [0.15, 0.2) is 24.3 Å². The molecule has 0 bridgehead atoms. The monoisotopic (exact) mass is 726 g/mol. The largest absolute Gasteiger partial charge is 0.481 e. The standard InChI is InChI=1S/C26H27F13N2O7/c1-4-9-40-12(3)20(18(45)46,21(27,23(30,31)25(34,35)36)22(28,29)24(32,33)26(37,38)39)16(13-7-6-8-14(10-13)41(47)48)19(5-2,17(43)44)15(40)11-42/h6-8,10,12,15-16,42H,4-5,9,11H2,1-3H3,(H,43,44)(H,45,46). The summed E-state index contributed by atoms with van der Waals surface area (Å²) < 4.78 is 193. The number of piperidine rings is 1. The number of nitro groups is 1. The van der Waals surface area contributed by atoms with Crippen LogP contribution in [0.5, 0.6) is 0 Å². The van der Waals surface area contributed by atoms with Crippen LogP contribution in [0.2, 0.25) is 0 Å². The molecule has 0 spiro atoms. The van der Waals surface area contributed by atoms with E-state index in [1.165, 1.54) is 0 Å². The molecule has 0 aliphatic carbocycles. The maximum absolute atomic E-state index is 17.5. The van der Waals surface area contributed by atoms with E-state index < -0.39 is 119 Å². The lowest BCUT2D eigenvalue weighted by Crippen LogP contribution is -2.86. The van der Waals surface area contributed by atoms with Crippen LogP contribution in [-0.4, -0.2) is 98.1 Å². The van der Waals surface area contributed by atoms with Crippen LogP contribution in [-0.2, 0) is 9.59 Å². The molecule has 1 aromatic carbocycles. The van der Waals surface area contributed by atoms with Crippen molar-refractivity contribution in [3.05, 3.63) is 39.9 Å². The fourth-order valence-electron chi connectivity index (χ4n) is 7.02. The van der Waals surface area contributed by atoms with Gasteiger partial charge in [0.15, 0.2) is 0 Å². The Bertz CT molecular complexity index is 1410. The van der Waals surface area contributed by atoms with Gasteiger partial charge in [0.05, 0.1) is 16.9 Å². The molecular formula is C26H27F13N2O7. The van der Waals surface area contributed by atoms with Gasteiger partial charge in [0, 0.05) is 30.1 Å². The van der Waals surface area contributed by atoms with Gasteiger partial charge >= 0.3 is 42.1 Å². The van der Waals surface area contributed by atoms with Crippen LogP contribution in [0.25, 0.3) is 0 Å². The quantitative estimate of drug-likeness (QED) is 0.127. The Balaban J connectivity index is 3.67. The SMILES string of the molecule is CCCN1C(CO)C(CC)(C(=O)O)C(c2cccc([N+](=O)[O-])c2)C(C(=O)O)(C(F)(C(F)(F)C(F)(F)F)C(F)(F)C(F)(F)C(F)(F)F)C1C. The number of carboxylic acids is 2. The number of carbonyl (C=O) groups is 2. The van der Waals surface area contributed by atoms with Crippen molar-refractivity contribution >= 4 is 17.6 Å². The van der Waals surface area contributed by atoms with Gasteiger partial charge in [-0.1, -0.05) is 26.0 Å². The molecule has 0 aromatic heterocycles. The minimum absolute atomic E-state index is 0.0263. The van der Waals surface area contributed by atoms with Gasteiger partial charge in [-0.15, -0.1) is 0 Å². The number of aliphatic carboxylic acids is 2. The van der Waals surface area contributed by atoms with Gasteiger partial charge in [-0.25, -0.2) is 4.39 Å². The van der Waals surface area contributed by atoms with Crippen molar-refractivity contribution in [3.63, 3.8) is 0 Å². The van der Waals surface area contributed by atoms with Crippen LogP contribution in [0.3, 0.4) is 0 Å². The predicted octanol–water partition coefficient (Wildman–Crippen LogP) is 6.44. The van der Waals surface area contributed by atoms with Crippen molar-refractivity contribution in [1.29, 1.82) is 0 Å². The second kappa shape index (κ2) is 12.5. The third kappa shape index (κ3) is 5.06. The molecule has 9 nitrogen and oxygen atoms in total. The predicted molar refractivity (Wildman–Crippen MR) is 134 cm³/mol. The van der Waals surface area contributed by atoms with Crippen LogP contribution < -0.4 is 0 Å². The molecule has 1 aromatic rings. The molecule has 1 aliphatic heterocycles. The summed E-state index contributed by atoms with van der Waals surface area (Å²) in [6.45, 7) is -0.633. The molecule has 1 saturated heterocycles. The number of alkyl halides is 13. The van der Waals surface area contributed by atoms with Crippen LogP contribution in [0, 0.1) is 20.9 Å². The summed E-state index contributed by atoms with van der Waals surface area (Å²) in [5.41, 5.74) is -20.1. The van der Waals surface area contributed by atoms with E-state index in [-0.39, 0.29) is 17.9 Å². The Morgan fingerprint density at radius 2 is 1.38 bits per heavy atom. The third-order valence-corrected chi connectivity index (χ3v) is 9.07. The highest BCUT2D eigenvalue weighted by molar-refractivity contribution is 5.86. The zero-order valence-electron chi connectivity index (χ0n) is 24.7. The third-order valence-electron chi connectivity index (χ3n) is 9.07. The molecule has 0 radical (unpaired) electrons. The van der Waals surface area contributed by atoms with Crippen molar-refractivity contribution in [2.24, 2.45) is 10.8 Å². The average Bonchev–Trinajstić information content (AvgIpc) is 2.95. The normalized spacial score (nSPS) is 27.7. The molecule has 1 heterocycles. The van der Waals surface area contributed by atoms with Crippen LogP contribution >= 0.6 is 0 Å². The number of rotatable bonds is 12. The summed E-state index contributed by atoms with van der Waals surface area (Å²) in [5, 5.41) is 42.9. The number of nitro benzene ring substituents is 1. The zero-order chi connectivity index (χ0) is 37.9. The van der Waals surface area contributed by atoms with Gasteiger partial charge in [0.1, 0.15) is 5.41 Å². The molecule has 22 heteroatoms. The minimum atomic E-state index is -8.41. The lowest BCUT2D eigenvalue weighted by Gasteiger charge is -2.66. The van der Waals surface area contributed by atoms with Gasteiger partial charge in [-0.05, 0) is 31.9 Å². The second-order valence-electron chi connectivity index (χ2n) is 11.1. The molecule has 0 saturated carbocycles. The number of aliphatic hydroxyl groups is 1. The Labute approximate surface area is 261 Å². The Morgan fingerprint density at radius 1 is 0.875 bits per heavy atom. The van der Waals surface area contributed by atoms with Gasteiger partial charge in [-0.3, -0.25) is 24.6 Å². The molecule has 6 atom stereocenters. The lowest BCUT2D eigenvalue weighted by molar-refractivity contribution is -0.448. The number of aliphatic hydroxyl groups excluding tert-OH is 1. The van der Waals surface area contributed by atoms with E-state index in [2.05, 4.69) is 0 Å². The smallest absolute Gasteiger partial charge is 0.460 e. The van der Waals surface area contributed by atoms with Gasteiger partial charge in [0.25, 0.3) is 11.4 Å². The zero-order valence-corrected chi connectivity index (χ0v) is 24.7. The summed E-state index contributed by atoms with van der Waals surface area (Å²) in [7, 11) is 0. The van der Waals surface area contributed by atoms with Crippen molar-refractivity contribution in [2.45, 2.75) is 87.4 Å². The number of benzene rings is 1. The first-order chi connectivity index (χ1) is 21.5. The molecule has 1 fully saturated rings. The van der Waals surface area contributed by atoms with E-state index in [0.717, 1.165) is 6.92 Å². The second-order valence-corrected chi connectivity index (χ2v) is 11.1. The topological polar surface area (TPSA) is 141 Å². The molecule has 0 amide bonds. The Hall–Kier alpha value is -3.43. The van der Waals surface area contributed by atoms with Gasteiger partial charge < -0.3 is 15.3 Å². The highest BCUT2D eigenvalue weighted by atomic mass is 19.4. The molecule has 6 unspecified atom stereocenters. The molecular weight excluding hydrogens is 699 g/mol. The van der Waals surface area contributed by atoms with Crippen molar-refractivity contribution in [1.82, 2.24) is 4.90 Å². The summed E-state index contributed by atoms with van der Waals surface area (Å²) in [5.74, 6) is -34.9. The fourth-order valence-corrected chi connectivity index (χ4v) is 7.02. The Kier molecular flexibility index (Phi) is 10.6. The molecule has 3 N–H and O–H groups in total. The summed E-state index contributed by atoms with van der Waals surface area (Å²) in [4.78, 5) is 36.7. The number of hydrogen-bond donors (Lipinski definition) is 3. The number of non-ortho nitro benzene ring substituents is 1. The summed E-state index contributed by atoms with van der Waals surface area (Å²) in [6.07, 6.45) is -17.5. The molecule has 274 valence electrons. The average molecular weight is 726 g/mol. The van der Waals surface area contributed by atoms with Crippen molar-refractivity contribution < 1.29 is 86.9 Å². The number of nitrogens with zero attached hydrogens (tertiary/aromatic N) is 2. The van der Waals surface area contributed by atoms with E-state index in [9.17, 15) is 70.1 Å². The highest BCUT2D eigenvalue weighted by Crippen LogP contribution is 2.73. The first-order valence-electron chi connectivity index (χ1n) is 13.6. The minimum Gasteiger partial charge on any atom is -0.481 e. The fraction of sp³-hybridized carbons (Fsp3) is 0.692. The molecule has 1 aliphatic rings. The van der Waals surface area contributed by atoms with Crippen LogP contribution in [0.1, 0.15) is 45.1 Å². The van der Waals surface area contributed by atoms with Crippen molar-refractivity contribution in [2.75, 3.05) is 13.2 Å². The van der Waals surface area contributed by atoms with E-state index in [4.69, 9.17) is 0 Å². The first-order valence-corrected chi connectivity index (χ1v) is 13.6. The Morgan fingerprint density at radius 3 is 1.73 bits per heavy atom. The number of halogens is 13. The number of likely N-dealkylation sites (tertiary alicyclic amines) is 1. The maximum Gasteiger partial charge on any atom is 0.460 e. The summed E-state index contributed by atoms with van der Waals surface area (Å²) >= 11 is 0. The maximum atomic E-state index is 17.5. The molecule has 2 rings (SSSR count). The van der Waals surface area contributed by atoms with Crippen molar-refractivity contribution in [3.8, 4) is 0 Å². The lowest BCUT2D eigenvalue weighted by atomic mass is 9.43. The van der Waals surface area contributed by atoms with E-state index in [0.29, 0.717) is 25.1 Å². The van der Waals surface area contributed by atoms with E-state index in [1.54, 1.807) is 0 Å². The summed E-state index contributed by atoms with van der Waals surface area (Å²) in [6, 6.07) is -4.30.